The van der Waals surface area contributed by atoms with E-state index in [9.17, 15) is 4.79 Å². The number of carbonyl (C=O) groups excluding carboxylic acids is 1. The van der Waals surface area contributed by atoms with E-state index in [1.807, 2.05) is 0 Å². The number of fused-ring (bicyclic) bond motifs is 2. The number of urea groups is 1. The SMILES string of the molecule is COCCOCCN1CC2CC(C1)CN(CC(COc1ccc(C#N)cc1)N(C)C(N)=O)C2. The van der Waals surface area contributed by atoms with Crippen LogP contribution in [0.4, 0.5) is 4.79 Å². The van der Waals surface area contributed by atoms with E-state index in [0.29, 0.717) is 43.0 Å². The zero-order chi connectivity index (χ0) is 23.6. The average Bonchev–Trinajstić information content (AvgIpc) is 2.81. The van der Waals surface area contributed by atoms with Crippen LogP contribution in [-0.2, 0) is 9.47 Å². The van der Waals surface area contributed by atoms with E-state index in [2.05, 4.69) is 15.9 Å². The van der Waals surface area contributed by atoms with Crippen LogP contribution in [0.3, 0.4) is 0 Å². The van der Waals surface area contributed by atoms with Crippen molar-refractivity contribution in [1.29, 1.82) is 5.26 Å². The molecular weight excluding hydrogens is 422 g/mol. The molecule has 2 saturated heterocycles. The van der Waals surface area contributed by atoms with Crippen LogP contribution in [0, 0.1) is 23.2 Å². The highest BCUT2D eigenvalue weighted by atomic mass is 16.5. The molecule has 0 radical (unpaired) electrons. The molecule has 0 aromatic heterocycles. The van der Waals surface area contributed by atoms with Crippen molar-refractivity contribution in [2.75, 3.05) is 79.9 Å². The minimum atomic E-state index is -0.458. The van der Waals surface area contributed by atoms with Gasteiger partial charge in [0.05, 0.1) is 37.5 Å². The number of ether oxygens (including phenoxy) is 3. The number of likely N-dealkylation sites (N-methyl/N-ethyl adjacent to an activating group) is 1. The molecular formula is C24H37N5O4. The number of amides is 2. The molecule has 3 unspecified atom stereocenters. The fourth-order valence-corrected chi connectivity index (χ4v) is 4.85. The smallest absolute Gasteiger partial charge is 0.314 e. The summed E-state index contributed by atoms with van der Waals surface area (Å²) in [6.45, 7) is 8.24. The van der Waals surface area contributed by atoms with Crippen LogP contribution in [0.15, 0.2) is 24.3 Å². The molecule has 0 spiro atoms. The number of hydrogen-bond acceptors (Lipinski definition) is 7. The van der Waals surface area contributed by atoms with E-state index in [1.165, 1.54) is 6.42 Å². The first-order valence-electron chi connectivity index (χ1n) is 11.6. The molecule has 1 aromatic carbocycles. The standard InChI is InChI=1S/C24H37N5O4/c1-27(24(26)30)22(18-33-23-5-3-19(12-25)4-6-23)17-29-15-20-11-21(16-29)14-28(13-20)7-8-32-10-9-31-2/h3-6,20-22H,7-11,13-18H2,1-2H3,(H2,26,30). The van der Waals surface area contributed by atoms with E-state index >= 15 is 0 Å². The molecule has 2 fully saturated rings. The van der Waals surface area contributed by atoms with Crippen molar-refractivity contribution in [1.82, 2.24) is 14.7 Å². The lowest BCUT2D eigenvalue weighted by Crippen LogP contribution is -2.57. The van der Waals surface area contributed by atoms with Crippen molar-refractivity contribution in [3.8, 4) is 11.8 Å². The predicted octanol–water partition coefficient (Wildman–Crippen LogP) is 1.23. The van der Waals surface area contributed by atoms with Crippen molar-refractivity contribution in [3.05, 3.63) is 29.8 Å². The van der Waals surface area contributed by atoms with Gasteiger partial charge in [-0.3, -0.25) is 0 Å². The van der Waals surface area contributed by atoms with E-state index in [-0.39, 0.29) is 6.04 Å². The van der Waals surface area contributed by atoms with Crippen LogP contribution in [0.5, 0.6) is 5.75 Å². The number of rotatable bonds is 12. The molecule has 2 N–H and O–H groups in total. The molecule has 182 valence electrons. The Bertz CT molecular complexity index is 770. The van der Waals surface area contributed by atoms with Crippen molar-refractivity contribution in [2.45, 2.75) is 12.5 Å². The lowest BCUT2D eigenvalue weighted by Gasteiger charge is -2.47. The first-order chi connectivity index (χ1) is 16.0. The predicted molar refractivity (Wildman–Crippen MR) is 125 cm³/mol. The molecule has 3 rings (SSSR count). The van der Waals surface area contributed by atoms with Gasteiger partial charge in [-0.2, -0.15) is 5.26 Å². The largest absolute Gasteiger partial charge is 0.491 e. The Kier molecular flexibility index (Phi) is 9.76. The number of hydrogen-bond donors (Lipinski definition) is 1. The molecule has 3 atom stereocenters. The van der Waals surface area contributed by atoms with E-state index < -0.39 is 6.03 Å². The number of nitriles is 1. The van der Waals surface area contributed by atoms with Gasteiger partial charge in [-0.15, -0.1) is 0 Å². The molecule has 2 bridgehead atoms. The Morgan fingerprint density at radius 1 is 1.15 bits per heavy atom. The maximum Gasteiger partial charge on any atom is 0.314 e. The lowest BCUT2D eigenvalue weighted by molar-refractivity contribution is 0.000973. The van der Waals surface area contributed by atoms with Gasteiger partial charge in [-0.25, -0.2) is 4.79 Å². The minimum Gasteiger partial charge on any atom is -0.491 e. The quantitative estimate of drug-likeness (QED) is 0.469. The third-order valence-electron chi connectivity index (χ3n) is 6.51. The summed E-state index contributed by atoms with van der Waals surface area (Å²) >= 11 is 0. The number of benzene rings is 1. The summed E-state index contributed by atoms with van der Waals surface area (Å²) in [6.07, 6.45) is 1.26. The van der Waals surface area contributed by atoms with Crippen molar-refractivity contribution < 1.29 is 19.0 Å². The van der Waals surface area contributed by atoms with Crippen molar-refractivity contribution in [2.24, 2.45) is 17.6 Å². The number of nitrogens with zero attached hydrogens (tertiary/aromatic N) is 4. The molecule has 0 aliphatic carbocycles. The number of likely N-dealkylation sites (tertiary alicyclic amines) is 2. The normalized spacial score (nSPS) is 21.8. The zero-order valence-corrected chi connectivity index (χ0v) is 19.8. The summed E-state index contributed by atoms with van der Waals surface area (Å²) in [5.41, 5.74) is 6.17. The Morgan fingerprint density at radius 3 is 2.42 bits per heavy atom. The van der Waals surface area contributed by atoms with Gasteiger partial charge in [0.25, 0.3) is 0 Å². The van der Waals surface area contributed by atoms with Crippen molar-refractivity contribution in [3.63, 3.8) is 0 Å². The maximum absolute atomic E-state index is 11.9. The molecule has 2 amide bonds. The molecule has 33 heavy (non-hydrogen) atoms. The molecule has 2 heterocycles. The van der Waals surface area contributed by atoms with E-state index in [4.69, 9.17) is 25.2 Å². The van der Waals surface area contributed by atoms with Gasteiger partial charge in [0.15, 0.2) is 0 Å². The maximum atomic E-state index is 11.9. The van der Waals surface area contributed by atoms with Gasteiger partial charge < -0.3 is 34.6 Å². The summed E-state index contributed by atoms with van der Waals surface area (Å²) in [7, 11) is 3.41. The van der Waals surface area contributed by atoms with E-state index in [0.717, 1.165) is 45.9 Å². The van der Waals surface area contributed by atoms with Crippen LogP contribution in [0.2, 0.25) is 0 Å². The summed E-state index contributed by atoms with van der Waals surface area (Å²) < 4.78 is 16.6. The number of methoxy groups -OCH3 is 1. The average molecular weight is 460 g/mol. The van der Waals surface area contributed by atoms with Gasteiger partial charge in [0.1, 0.15) is 12.4 Å². The fourth-order valence-electron chi connectivity index (χ4n) is 4.85. The van der Waals surface area contributed by atoms with Crippen LogP contribution in [-0.4, -0.2) is 107 Å². The molecule has 9 nitrogen and oxygen atoms in total. The highest BCUT2D eigenvalue weighted by molar-refractivity contribution is 5.72. The fraction of sp³-hybridized carbons (Fsp3) is 0.667. The van der Waals surface area contributed by atoms with Gasteiger partial charge in [-0.1, -0.05) is 0 Å². The summed E-state index contributed by atoms with van der Waals surface area (Å²) in [6, 6.07) is 8.49. The molecule has 9 heteroatoms. The highest BCUT2D eigenvalue weighted by Gasteiger charge is 2.35. The Balaban J connectivity index is 1.50. The monoisotopic (exact) mass is 459 g/mol. The summed E-state index contributed by atoms with van der Waals surface area (Å²) in [5, 5.41) is 8.95. The molecule has 2 aliphatic heterocycles. The van der Waals surface area contributed by atoms with Gasteiger partial charge in [-0.05, 0) is 42.5 Å². The Labute approximate surface area is 197 Å². The second-order valence-electron chi connectivity index (χ2n) is 9.10. The number of primary amides is 1. The second-order valence-corrected chi connectivity index (χ2v) is 9.10. The molecule has 0 saturated carbocycles. The molecule has 1 aromatic rings. The highest BCUT2D eigenvalue weighted by Crippen LogP contribution is 2.28. The second kappa shape index (κ2) is 12.8. The van der Waals surface area contributed by atoms with Crippen LogP contribution >= 0.6 is 0 Å². The van der Waals surface area contributed by atoms with E-state index in [1.54, 1.807) is 43.3 Å². The summed E-state index contributed by atoms with van der Waals surface area (Å²) in [5.74, 6) is 1.92. The zero-order valence-electron chi connectivity index (χ0n) is 19.8. The number of piperidine rings is 2. The Morgan fingerprint density at radius 2 is 1.82 bits per heavy atom. The molecule has 2 aliphatic rings. The van der Waals surface area contributed by atoms with Gasteiger partial charge >= 0.3 is 6.03 Å². The third kappa shape index (κ3) is 7.86. The number of nitrogens with two attached hydrogens (primary N) is 1. The number of carbonyl (C=O) groups is 1. The van der Waals surface area contributed by atoms with Crippen LogP contribution in [0.25, 0.3) is 0 Å². The first-order valence-corrected chi connectivity index (χ1v) is 11.6. The Hall–Kier alpha value is -2.38. The van der Waals surface area contributed by atoms with Crippen molar-refractivity contribution >= 4 is 6.03 Å². The van der Waals surface area contributed by atoms with Gasteiger partial charge in [0, 0.05) is 53.4 Å². The first kappa shape index (κ1) is 25.2. The van der Waals surface area contributed by atoms with Gasteiger partial charge in [0.2, 0.25) is 0 Å². The van der Waals surface area contributed by atoms with Crippen LogP contribution in [0.1, 0.15) is 12.0 Å². The third-order valence-corrected chi connectivity index (χ3v) is 6.51. The summed E-state index contributed by atoms with van der Waals surface area (Å²) in [4.78, 5) is 18.4. The van der Waals surface area contributed by atoms with Crippen LogP contribution < -0.4 is 10.5 Å². The topological polar surface area (TPSA) is 104 Å². The minimum absolute atomic E-state index is 0.151. The lowest BCUT2D eigenvalue weighted by atomic mass is 9.84.